The van der Waals surface area contributed by atoms with E-state index in [4.69, 9.17) is 14.7 Å². The molecule has 0 atom stereocenters. The van der Waals surface area contributed by atoms with Crippen LogP contribution >= 0.6 is 23.9 Å². The van der Waals surface area contributed by atoms with Gasteiger partial charge in [0.2, 0.25) is 5.95 Å². The molecule has 2 saturated heterocycles. The number of piperazine rings is 1. The second kappa shape index (κ2) is 13.8. The molecule has 0 bridgehead atoms. The SMILES string of the molecule is COc1cc(N2CCC(N3CCN(C)CC3)CC2)c(F)cc1Nc1ncc(Br)c(Nc2ccc3nc(C4CC4)ccc3c2P(C)C)n1. The van der Waals surface area contributed by atoms with E-state index in [1.807, 2.05) is 0 Å². The maximum absolute atomic E-state index is 15.7. The Hall–Kier alpha value is -3.11. The van der Waals surface area contributed by atoms with E-state index in [0.29, 0.717) is 40.9 Å². The number of rotatable bonds is 9. The third-order valence-electron chi connectivity index (χ3n) is 9.68. The van der Waals surface area contributed by atoms with Crippen LogP contribution in [0, 0.1) is 5.82 Å². The molecule has 1 aliphatic carbocycles. The second-order valence-corrected chi connectivity index (χ2v) is 16.2. The summed E-state index contributed by atoms with van der Waals surface area (Å²) < 4.78 is 22.1. The number of halogens is 2. The predicted molar refractivity (Wildman–Crippen MR) is 196 cm³/mol. The standard InChI is InChI=1S/C35H43BrFN8OP/c1-43-15-17-44(18-16-43)23-11-13-45(14-12-23)31-20-32(46-2)30(19-26(31)37)41-35-38-21-25(36)34(42-35)40-29-10-9-28-24(33(29)47(3)4)7-8-27(39-28)22-5-6-22/h7-10,19-23H,5-6,11-18H2,1-4H3,(H2,38,40,41,42). The van der Waals surface area contributed by atoms with E-state index in [1.165, 1.54) is 35.3 Å². The molecule has 0 unspecified atom stereocenters. The number of likely N-dealkylation sites (N-methyl/N-ethyl adjacent to an activating group) is 1. The molecule has 2 aliphatic heterocycles. The molecule has 47 heavy (non-hydrogen) atoms. The van der Waals surface area contributed by atoms with Crippen LogP contribution in [0.4, 0.5) is 33.2 Å². The van der Waals surface area contributed by atoms with Gasteiger partial charge < -0.3 is 25.2 Å². The van der Waals surface area contributed by atoms with Gasteiger partial charge in [-0.1, -0.05) is 14.0 Å². The summed E-state index contributed by atoms with van der Waals surface area (Å²) >= 11 is 3.62. The fourth-order valence-electron chi connectivity index (χ4n) is 6.87. The topological polar surface area (TPSA) is 81.7 Å². The zero-order valence-corrected chi connectivity index (χ0v) is 30.0. The van der Waals surface area contributed by atoms with Crippen molar-refractivity contribution in [3.63, 3.8) is 0 Å². The Morgan fingerprint density at radius 3 is 2.38 bits per heavy atom. The number of pyridine rings is 1. The van der Waals surface area contributed by atoms with E-state index in [-0.39, 0.29) is 5.82 Å². The van der Waals surface area contributed by atoms with Crippen LogP contribution in [0.1, 0.15) is 37.3 Å². The highest BCUT2D eigenvalue weighted by molar-refractivity contribution is 9.10. The average Bonchev–Trinajstić information content (AvgIpc) is 3.92. The molecule has 2 N–H and O–H groups in total. The lowest BCUT2D eigenvalue weighted by molar-refractivity contribution is 0.0981. The van der Waals surface area contributed by atoms with Crippen molar-refractivity contribution < 1.29 is 9.13 Å². The second-order valence-electron chi connectivity index (χ2n) is 13.1. The van der Waals surface area contributed by atoms with Crippen LogP contribution in [0.5, 0.6) is 5.75 Å². The molecule has 248 valence electrons. The highest BCUT2D eigenvalue weighted by atomic mass is 79.9. The van der Waals surface area contributed by atoms with Gasteiger partial charge in [-0.3, -0.25) is 9.88 Å². The molecular formula is C35H43BrFN8OP. The van der Waals surface area contributed by atoms with Crippen LogP contribution in [-0.2, 0) is 0 Å². The minimum absolute atomic E-state index is 0.291. The minimum Gasteiger partial charge on any atom is -0.494 e. The summed E-state index contributed by atoms with van der Waals surface area (Å²) in [6.45, 7) is 10.6. The molecule has 0 radical (unpaired) electrons. The van der Waals surface area contributed by atoms with E-state index < -0.39 is 7.92 Å². The number of fused-ring (bicyclic) bond motifs is 1. The van der Waals surface area contributed by atoms with E-state index in [1.54, 1.807) is 19.4 Å². The Morgan fingerprint density at radius 1 is 0.915 bits per heavy atom. The number of piperidine rings is 1. The minimum atomic E-state index is -0.449. The Morgan fingerprint density at radius 2 is 1.68 bits per heavy atom. The Kier molecular flexibility index (Phi) is 9.51. The smallest absolute Gasteiger partial charge is 0.229 e. The van der Waals surface area contributed by atoms with Crippen molar-refractivity contribution in [1.82, 2.24) is 24.8 Å². The van der Waals surface area contributed by atoms with Gasteiger partial charge in [0, 0.05) is 91.6 Å². The lowest BCUT2D eigenvalue weighted by Crippen LogP contribution is -2.52. The fourth-order valence-corrected chi connectivity index (χ4v) is 8.44. The predicted octanol–water partition coefficient (Wildman–Crippen LogP) is 6.88. The quantitative estimate of drug-likeness (QED) is 0.180. The zero-order valence-electron chi connectivity index (χ0n) is 27.6. The van der Waals surface area contributed by atoms with Crippen molar-refractivity contribution in [2.75, 3.05) is 82.3 Å². The van der Waals surface area contributed by atoms with Gasteiger partial charge in [0.15, 0.2) is 0 Å². The molecule has 1 saturated carbocycles. The van der Waals surface area contributed by atoms with Crippen LogP contribution < -0.4 is 25.6 Å². The first-order valence-electron chi connectivity index (χ1n) is 16.5. The van der Waals surface area contributed by atoms with E-state index in [2.05, 4.69) is 90.9 Å². The number of hydrogen-bond acceptors (Lipinski definition) is 9. The van der Waals surface area contributed by atoms with Crippen molar-refractivity contribution in [1.29, 1.82) is 0 Å². The molecule has 12 heteroatoms. The first kappa shape index (κ1) is 32.4. The van der Waals surface area contributed by atoms with Gasteiger partial charge in [0.25, 0.3) is 0 Å². The molecule has 7 rings (SSSR count). The van der Waals surface area contributed by atoms with Crippen LogP contribution in [-0.4, -0.2) is 97.5 Å². The van der Waals surface area contributed by atoms with Gasteiger partial charge >= 0.3 is 0 Å². The van der Waals surface area contributed by atoms with Crippen molar-refractivity contribution >= 4 is 68.9 Å². The molecular weight excluding hydrogens is 678 g/mol. The fraction of sp³-hybridized carbons (Fsp3) is 0.457. The maximum atomic E-state index is 15.7. The number of nitrogens with zero attached hydrogens (tertiary/aromatic N) is 6. The molecule has 0 amide bonds. The number of benzene rings is 2. The first-order chi connectivity index (χ1) is 22.8. The lowest BCUT2D eigenvalue weighted by Gasteiger charge is -2.42. The summed E-state index contributed by atoms with van der Waals surface area (Å²) in [6.07, 6.45) is 6.22. The molecule has 3 fully saturated rings. The molecule has 9 nitrogen and oxygen atoms in total. The maximum Gasteiger partial charge on any atom is 0.229 e. The third kappa shape index (κ3) is 7.05. The number of anilines is 5. The Balaban J connectivity index is 1.08. The number of ether oxygens (including phenoxy) is 1. The first-order valence-corrected chi connectivity index (χ1v) is 19.5. The summed E-state index contributed by atoms with van der Waals surface area (Å²) in [6, 6.07) is 12.4. The van der Waals surface area contributed by atoms with Gasteiger partial charge in [0.1, 0.15) is 17.4 Å². The van der Waals surface area contributed by atoms with Gasteiger partial charge in [-0.05, 0) is 80.2 Å². The van der Waals surface area contributed by atoms with Crippen LogP contribution in [0.25, 0.3) is 10.9 Å². The van der Waals surface area contributed by atoms with Gasteiger partial charge in [-0.25, -0.2) is 9.37 Å². The van der Waals surface area contributed by atoms with Crippen LogP contribution in [0.3, 0.4) is 0 Å². The number of nitrogens with one attached hydrogen (secondary N) is 2. The molecule has 2 aromatic carbocycles. The molecule has 4 aromatic rings. The summed E-state index contributed by atoms with van der Waals surface area (Å²) in [5, 5.41) is 9.17. The Bertz CT molecular complexity index is 1760. The van der Waals surface area contributed by atoms with Crippen molar-refractivity contribution in [3.8, 4) is 5.75 Å². The van der Waals surface area contributed by atoms with Crippen molar-refractivity contribution in [3.05, 3.63) is 58.6 Å². The highest BCUT2D eigenvalue weighted by Gasteiger charge is 2.29. The molecule has 0 spiro atoms. The van der Waals surface area contributed by atoms with Gasteiger partial charge in [0.05, 0.1) is 28.5 Å². The summed E-state index contributed by atoms with van der Waals surface area (Å²) in [7, 11) is 3.34. The number of aromatic nitrogens is 3. The van der Waals surface area contributed by atoms with Crippen molar-refractivity contribution in [2.45, 2.75) is 37.6 Å². The van der Waals surface area contributed by atoms with Gasteiger partial charge in [-0.2, -0.15) is 4.98 Å². The summed E-state index contributed by atoms with van der Waals surface area (Å²) in [5.74, 6) is 1.81. The van der Waals surface area contributed by atoms with Crippen molar-refractivity contribution in [2.24, 2.45) is 0 Å². The summed E-state index contributed by atoms with van der Waals surface area (Å²) in [5.41, 5.74) is 4.27. The monoisotopic (exact) mass is 720 g/mol. The van der Waals surface area contributed by atoms with Crippen LogP contribution in [0.15, 0.2) is 47.1 Å². The lowest BCUT2D eigenvalue weighted by atomic mass is 10.0. The molecule has 2 aromatic heterocycles. The summed E-state index contributed by atoms with van der Waals surface area (Å²) in [4.78, 5) is 21.4. The largest absolute Gasteiger partial charge is 0.494 e. The van der Waals surface area contributed by atoms with E-state index in [0.717, 1.165) is 67.8 Å². The van der Waals surface area contributed by atoms with E-state index >= 15 is 4.39 Å². The average molecular weight is 722 g/mol. The normalized spacial score (nSPS) is 18.2. The third-order valence-corrected chi connectivity index (χ3v) is 11.6. The molecule has 4 heterocycles. The number of hydrogen-bond donors (Lipinski definition) is 2. The number of methoxy groups -OCH3 is 1. The van der Waals surface area contributed by atoms with Crippen LogP contribution in [0.2, 0.25) is 0 Å². The Labute approximate surface area is 286 Å². The molecule has 3 aliphatic rings. The zero-order chi connectivity index (χ0) is 32.7. The van der Waals surface area contributed by atoms with Gasteiger partial charge in [-0.15, -0.1) is 0 Å². The van der Waals surface area contributed by atoms with E-state index in [9.17, 15) is 0 Å². The highest BCUT2D eigenvalue weighted by Crippen LogP contribution is 2.41.